The summed E-state index contributed by atoms with van der Waals surface area (Å²) in [5.74, 6) is -1.22. The Morgan fingerprint density at radius 2 is 1.67 bits per heavy atom. The average Bonchev–Trinajstić information content (AvgIpc) is 2.41. The first kappa shape index (κ1) is 16.1. The summed E-state index contributed by atoms with van der Waals surface area (Å²) in [7, 11) is 0. The molecule has 0 radical (unpaired) electrons. The molecule has 108 valence electrons. The number of carboxylic acid groups (broad SMARTS) is 1. The van der Waals surface area contributed by atoms with E-state index in [2.05, 4.69) is 0 Å². The molecular weight excluding hydrogens is 358 g/mol. The Bertz CT molecular complexity index is 756. The summed E-state index contributed by atoms with van der Waals surface area (Å²) in [4.78, 5) is 22.6. The maximum atomic E-state index is 11.4. The van der Waals surface area contributed by atoms with Gasteiger partial charge in [0.05, 0.1) is 20.6 Å². The Labute approximate surface area is 140 Å². The van der Waals surface area contributed by atoms with Gasteiger partial charge in [-0.3, -0.25) is 4.79 Å². The lowest BCUT2D eigenvalue weighted by molar-refractivity contribution is 0.0697. The summed E-state index contributed by atoms with van der Waals surface area (Å²) in [6.07, 6.45) is 0.524. The molecule has 0 bridgehead atoms. The van der Waals surface area contributed by atoms with Gasteiger partial charge < -0.3 is 5.11 Å². The minimum atomic E-state index is -1.22. The van der Waals surface area contributed by atoms with Gasteiger partial charge in [0, 0.05) is 21.7 Å². The zero-order chi connectivity index (χ0) is 15.7. The van der Waals surface area contributed by atoms with E-state index in [-0.39, 0.29) is 42.3 Å². The van der Waals surface area contributed by atoms with Gasteiger partial charge in [-0.25, -0.2) is 4.79 Å². The molecule has 0 aromatic heterocycles. The van der Waals surface area contributed by atoms with Crippen LogP contribution < -0.4 is 0 Å². The van der Waals surface area contributed by atoms with Crippen molar-refractivity contribution in [3.05, 3.63) is 55.5 Å². The minimum absolute atomic E-state index is 0.00360. The number of aromatic carboxylic acids is 1. The van der Waals surface area contributed by atoms with E-state index in [1.807, 2.05) is 0 Å². The van der Waals surface area contributed by atoms with E-state index in [1.165, 1.54) is 24.3 Å². The molecule has 0 saturated carbocycles. The molecule has 3 nitrogen and oxygen atoms in total. The van der Waals surface area contributed by atoms with Crippen molar-refractivity contribution < 1.29 is 14.7 Å². The number of carboxylic acids is 1. The van der Waals surface area contributed by atoms with Gasteiger partial charge >= 0.3 is 5.97 Å². The van der Waals surface area contributed by atoms with Gasteiger partial charge in [-0.15, -0.1) is 0 Å². The van der Waals surface area contributed by atoms with Crippen LogP contribution in [0.3, 0.4) is 0 Å². The normalized spacial score (nSPS) is 10.5. The number of halogens is 4. The van der Waals surface area contributed by atoms with Crippen LogP contribution in [0.5, 0.6) is 0 Å². The summed E-state index contributed by atoms with van der Waals surface area (Å²) >= 11 is 24.0. The van der Waals surface area contributed by atoms with Crippen LogP contribution in [0.4, 0.5) is 0 Å². The highest BCUT2D eigenvalue weighted by atomic mass is 35.5. The monoisotopic (exact) mass is 362 g/mol. The molecule has 0 saturated heterocycles. The standard InChI is InChI=1S/C14H6Cl4O3/c15-7-3-6(5-19)11(10(17)4-7)12-8(14(20)21)1-2-9(16)13(12)18/h1-5H,(H,20,21). The van der Waals surface area contributed by atoms with Crippen LogP contribution in [-0.4, -0.2) is 17.4 Å². The number of aldehydes is 1. The SMILES string of the molecule is O=Cc1cc(Cl)cc(Cl)c1-c1c(C(=O)O)ccc(Cl)c1Cl. The van der Waals surface area contributed by atoms with Crippen molar-refractivity contribution in [2.75, 3.05) is 0 Å². The molecular formula is C14H6Cl4O3. The van der Waals surface area contributed by atoms with Crippen molar-refractivity contribution >= 4 is 58.7 Å². The van der Waals surface area contributed by atoms with Gasteiger partial charge in [0.2, 0.25) is 0 Å². The molecule has 0 aliphatic carbocycles. The summed E-state index contributed by atoms with van der Waals surface area (Å²) in [5, 5.41) is 9.81. The Morgan fingerprint density at radius 3 is 2.24 bits per heavy atom. The fraction of sp³-hybridized carbons (Fsp3) is 0. The van der Waals surface area contributed by atoms with Crippen LogP contribution in [0.2, 0.25) is 20.1 Å². The molecule has 0 amide bonds. The Balaban J connectivity index is 2.94. The number of carbonyl (C=O) groups excluding carboxylic acids is 1. The molecule has 0 unspecified atom stereocenters. The topological polar surface area (TPSA) is 54.4 Å². The molecule has 7 heteroatoms. The minimum Gasteiger partial charge on any atom is -0.478 e. The first-order valence-corrected chi connectivity index (χ1v) is 7.04. The number of rotatable bonds is 3. The van der Waals surface area contributed by atoms with Crippen molar-refractivity contribution in [2.45, 2.75) is 0 Å². The fourth-order valence-corrected chi connectivity index (χ4v) is 2.94. The zero-order valence-corrected chi connectivity index (χ0v) is 13.2. The first-order chi connectivity index (χ1) is 9.86. The Kier molecular flexibility index (Phi) is 4.79. The summed E-state index contributed by atoms with van der Waals surface area (Å²) < 4.78 is 0. The van der Waals surface area contributed by atoms with Crippen molar-refractivity contribution in [2.24, 2.45) is 0 Å². The lowest BCUT2D eigenvalue weighted by Crippen LogP contribution is -2.02. The first-order valence-electron chi connectivity index (χ1n) is 5.52. The van der Waals surface area contributed by atoms with E-state index in [4.69, 9.17) is 46.4 Å². The molecule has 21 heavy (non-hydrogen) atoms. The summed E-state index contributed by atoms with van der Waals surface area (Å²) in [6.45, 7) is 0. The van der Waals surface area contributed by atoms with E-state index in [9.17, 15) is 14.7 Å². The van der Waals surface area contributed by atoms with Crippen molar-refractivity contribution in [3.8, 4) is 11.1 Å². The maximum Gasteiger partial charge on any atom is 0.336 e. The van der Waals surface area contributed by atoms with Crippen molar-refractivity contribution in [1.82, 2.24) is 0 Å². The highest BCUT2D eigenvalue weighted by molar-refractivity contribution is 6.45. The van der Waals surface area contributed by atoms with Crippen LogP contribution in [0.1, 0.15) is 20.7 Å². The third kappa shape index (κ3) is 3.01. The predicted molar refractivity (Wildman–Crippen MR) is 84.3 cm³/mol. The fourth-order valence-electron chi connectivity index (χ4n) is 1.92. The van der Waals surface area contributed by atoms with Gasteiger partial charge in [-0.1, -0.05) is 46.4 Å². The molecule has 0 fully saturated rings. The van der Waals surface area contributed by atoms with Gasteiger partial charge in [0.25, 0.3) is 0 Å². The average molecular weight is 364 g/mol. The second-order valence-electron chi connectivity index (χ2n) is 4.06. The highest BCUT2D eigenvalue weighted by Crippen LogP contribution is 2.42. The van der Waals surface area contributed by atoms with E-state index in [0.29, 0.717) is 6.29 Å². The third-order valence-corrected chi connectivity index (χ3v) is 4.11. The van der Waals surface area contributed by atoms with Crippen LogP contribution in [0, 0.1) is 0 Å². The zero-order valence-electron chi connectivity index (χ0n) is 10.2. The second kappa shape index (κ2) is 6.24. The molecule has 2 aromatic rings. The number of carbonyl (C=O) groups is 2. The van der Waals surface area contributed by atoms with Gasteiger partial charge in [0.1, 0.15) is 0 Å². The van der Waals surface area contributed by atoms with E-state index in [1.54, 1.807) is 0 Å². The van der Waals surface area contributed by atoms with Crippen molar-refractivity contribution in [1.29, 1.82) is 0 Å². The largest absolute Gasteiger partial charge is 0.478 e. The maximum absolute atomic E-state index is 11.4. The van der Waals surface area contributed by atoms with Gasteiger partial charge in [-0.05, 0) is 24.3 Å². The second-order valence-corrected chi connectivity index (χ2v) is 5.69. The summed E-state index contributed by atoms with van der Waals surface area (Å²) in [6, 6.07) is 5.43. The van der Waals surface area contributed by atoms with Crippen LogP contribution in [0.25, 0.3) is 11.1 Å². The lowest BCUT2D eigenvalue weighted by Gasteiger charge is -2.14. The molecule has 0 spiro atoms. The molecule has 0 aliphatic rings. The predicted octanol–water partition coefficient (Wildman–Crippen LogP) is 5.48. The Morgan fingerprint density at radius 1 is 1.00 bits per heavy atom. The smallest absolute Gasteiger partial charge is 0.336 e. The van der Waals surface area contributed by atoms with Gasteiger partial charge in [0.15, 0.2) is 6.29 Å². The molecule has 2 rings (SSSR count). The summed E-state index contributed by atoms with van der Waals surface area (Å²) in [5.41, 5.74) is 0.275. The van der Waals surface area contributed by atoms with E-state index in [0.717, 1.165) is 0 Å². The molecule has 2 aromatic carbocycles. The molecule has 0 atom stereocenters. The highest BCUT2D eigenvalue weighted by Gasteiger charge is 2.22. The van der Waals surface area contributed by atoms with E-state index < -0.39 is 5.97 Å². The molecule has 1 N–H and O–H groups in total. The quantitative estimate of drug-likeness (QED) is 0.734. The molecule has 0 heterocycles. The van der Waals surface area contributed by atoms with Crippen LogP contribution in [-0.2, 0) is 0 Å². The van der Waals surface area contributed by atoms with Crippen LogP contribution in [0.15, 0.2) is 24.3 Å². The number of hydrogen-bond donors (Lipinski definition) is 1. The van der Waals surface area contributed by atoms with Crippen molar-refractivity contribution in [3.63, 3.8) is 0 Å². The van der Waals surface area contributed by atoms with Gasteiger partial charge in [-0.2, -0.15) is 0 Å². The lowest BCUT2D eigenvalue weighted by atomic mass is 9.95. The number of benzene rings is 2. The molecule has 0 aliphatic heterocycles. The number of hydrogen-bond acceptors (Lipinski definition) is 2. The van der Waals surface area contributed by atoms with Crippen LogP contribution >= 0.6 is 46.4 Å². The third-order valence-electron chi connectivity index (χ3n) is 2.79. The Hall–Kier alpha value is -1.26. The van der Waals surface area contributed by atoms with E-state index >= 15 is 0 Å².